The first-order valence-corrected chi connectivity index (χ1v) is 12.9. The van der Waals surface area contributed by atoms with Crippen molar-refractivity contribution in [1.29, 1.82) is 0 Å². The number of halogens is 3. The molecule has 0 aliphatic carbocycles. The van der Waals surface area contributed by atoms with Crippen LogP contribution in [0.15, 0.2) is 24.3 Å². The first-order chi connectivity index (χ1) is 18.6. The Morgan fingerprint density at radius 3 is 2.54 bits per heavy atom. The Morgan fingerprint density at radius 2 is 1.90 bits per heavy atom. The quantitative estimate of drug-likeness (QED) is 0.467. The summed E-state index contributed by atoms with van der Waals surface area (Å²) in [6.45, 7) is 7.29. The SMILES string of the molecule is Cc1nc2c(C)nnc(N[C@H](C)c3cccc(C(F)(F)CO)c3F)c2cc1N1CCN(C(=O)C2COC2)CC1. The van der Waals surface area contributed by atoms with Gasteiger partial charge in [0.15, 0.2) is 5.82 Å². The number of aliphatic hydroxyl groups excluding tert-OH is 1. The number of carbonyl (C=O) groups excluding carboxylic acids is 1. The molecule has 208 valence electrons. The number of piperazine rings is 1. The van der Waals surface area contributed by atoms with Crippen LogP contribution in [0.4, 0.5) is 24.7 Å². The highest BCUT2D eigenvalue weighted by Crippen LogP contribution is 2.35. The van der Waals surface area contributed by atoms with Gasteiger partial charge >= 0.3 is 0 Å². The maximum absolute atomic E-state index is 15.1. The van der Waals surface area contributed by atoms with Crippen molar-refractivity contribution in [2.75, 3.05) is 56.2 Å². The maximum atomic E-state index is 15.1. The largest absolute Gasteiger partial charge is 0.390 e. The molecule has 2 aliphatic heterocycles. The van der Waals surface area contributed by atoms with Crippen molar-refractivity contribution in [2.24, 2.45) is 5.92 Å². The molecule has 2 fully saturated rings. The third-order valence-corrected chi connectivity index (χ3v) is 7.44. The Kier molecular flexibility index (Phi) is 7.34. The van der Waals surface area contributed by atoms with E-state index in [-0.39, 0.29) is 17.4 Å². The molecule has 2 saturated heterocycles. The maximum Gasteiger partial charge on any atom is 0.298 e. The summed E-state index contributed by atoms with van der Waals surface area (Å²) in [6, 6.07) is 4.93. The standard InChI is InChI=1S/C27H31F3N6O3/c1-15(19-5-4-6-21(23(19)28)27(29,30)14-37)32-25-20-11-22(16(2)31-24(20)17(3)33-34-25)35-7-9-36(10-8-35)26(38)18-12-39-13-18/h4-6,11,15,18,37H,7-10,12-14H2,1-3H3,(H,32,34)/t15-/m1/s1. The summed E-state index contributed by atoms with van der Waals surface area (Å²) < 4.78 is 48.4. The van der Waals surface area contributed by atoms with E-state index in [1.807, 2.05) is 17.9 Å². The van der Waals surface area contributed by atoms with Gasteiger partial charge in [0.1, 0.15) is 12.4 Å². The van der Waals surface area contributed by atoms with Crippen LogP contribution in [-0.2, 0) is 15.5 Å². The zero-order valence-electron chi connectivity index (χ0n) is 22.0. The van der Waals surface area contributed by atoms with Gasteiger partial charge in [-0.1, -0.05) is 12.1 Å². The van der Waals surface area contributed by atoms with Gasteiger partial charge in [-0.15, -0.1) is 5.10 Å². The molecular formula is C27H31F3N6O3. The van der Waals surface area contributed by atoms with Crippen LogP contribution in [0.5, 0.6) is 0 Å². The minimum Gasteiger partial charge on any atom is -0.390 e. The van der Waals surface area contributed by atoms with Gasteiger partial charge in [-0.05, 0) is 32.9 Å². The average molecular weight is 545 g/mol. The van der Waals surface area contributed by atoms with E-state index in [2.05, 4.69) is 20.4 Å². The summed E-state index contributed by atoms with van der Waals surface area (Å²) in [5, 5.41) is 21.3. The molecule has 1 aromatic carbocycles. The van der Waals surface area contributed by atoms with E-state index in [9.17, 15) is 13.6 Å². The topological polar surface area (TPSA) is 104 Å². The van der Waals surface area contributed by atoms with Crippen molar-refractivity contribution >= 4 is 28.3 Å². The number of rotatable bonds is 7. The van der Waals surface area contributed by atoms with Gasteiger partial charge in [-0.25, -0.2) is 9.37 Å². The number of benzene rings is 1. The van der Waals surface area contributed by atoms with Crippen LogP contribution in [0.25, 0.3) is 10.9 Å². The molecule has 0 bridgehead atoms. The molecule has 0 spiro atoms. The molecule has 39 heavy (non-hydrogen) atoms. The van der Waals surface area contributed by atoms with Gasteiger partial charge in [0.2, 0.25) is 5.91 Å². The molecule has 0 unspecified atom stereocenters. The molecule has 2 N–H and O–H groups in total. The number of fused-ring (bicyclic) bond motifs is 1. The van der Waals surface area contributed by atoms with E-state index in [0.29, 0.717) is 61.8 Å². The van der Waals surface area contributed by atoms with E-state index < -0.39 is 30.0 Å². The van der Waals surface area contributed by atoms with Gasteiger partial charge in [-0.3, -0.25) is 4.79 Å². The smallest absolute Gasteiger partial charge is 0.298 e. The number of nitrogens with zero attached hydrogens (tertiary/aromatic N) is 5. The Labute approximate surface area is 224 Å². The summed E-state index contributed by atoms with van der Waals surface area (Å²) in [5.74, 6) is -4.36. The number of hydrogen-bond donors (Lipinski definition) is 2. The first kappa shape index (κ1) is 27.1. The van der Waals surface area contributed by atoms with Crippen molar-refractivity contribution in [3.8, 4) is 0 Å². The van der Waals surface area contributed by atoms with Crippen LogP contribution in [-0.4, -0.2) is 77.1 Å². The van der Waals surface area contributed by atoms with E-state index in [1.165, 1.54) is 12.1 Å². The Bertz CT molecular complexity index is 1390. The Morgan fingerprint density at radius 1 is 1.18 bits per heavy atom. The van der Waals surface area contributed by atoms with Gasteiger partial charge in [0.25, 0.3) is 5.92 Å². The molecule has 4 heterocycles. The van der Waals surface area contributed by atoms with Crippen LogP contribution in [0.2, 0.25) is 0 Å². The fourth-order valence-corrected chi connectivity index (χ4v) is 5.04. The highest BCUT2D eigenvalue weighted by atomic mass is 19.3. The molecule has 3 aromatic rings. The number of nitrogens with one attached hydrogen (secondary N) is 1. The molecule has 0 saturated carbocycles. The minimum atomic E-state index is -3.70. The van der Waals surface area contributed by atoms with Crippen molar-refractivity contribution in [3.05, 3.63) is 52.6 Å². The summed E-state index contributed by atoms with van der Waals surface area (Å²) >= 11 is 0. The summed E-state index contributed by atoms with van der Waals surface area (Å²) in [7, 11) is 0. The fraction of sp³-hybridized carbons (Fsp3) is 0.481. The number of aryl methyl sites for hydroxylation is 2. The lowest BCUT2D eigenvalue weighted by atomic mass is 10.00. The summed E-state index contributed by atoms with van der Waals surface area (Å²) in [5.41, 5.74) is 2.08. The highest BCUT2D eigenvalue weighted by Gasteiger charge is 2.35. The van der Waals surface area contributed by atoms with Gasteiger partial charge < -0.3 is 25.0 Å². The third kappa shape index (κ3) is 5.10. The minimum absolute atomic E-state index is 0.00842. The second-order valence-electron chi connectivity index (χ2n) is 10.1. The van der Waals surface area contributed by atoms with Crippen LogP contribution < -0.4 is 10.2 Å². The van der Waals surface area contributed by atoms with Gasteiger partial charge in [0, 0.05) is 37.1 Å². The number of hydrogen-bond acceptors (Lipinski definition) is 8. The second kappa shape index (κ2) is 10.6. The Balaban J connectivity index is 1.42. The van der Waals surface area contributed by atoms with Crippen molar-refractivity contribution in [2.45, 2.75) is 32.7 Å². The molecule has 12 heteroatoms. The van der Waals surface area contributed by atoms with Crippen LogP contribution >= 0.6 is 0 Å². The summed E-state index contributed by atoms with van der Waals surface area (Å²) in [6.07, 6.45) is 0. The van der Waals surface area contributed by atoms with Crippen LogP contribution in [0.3, 0.4) is 0 Å². The lowest BCUT2D eigenvalue weighted by Gasteiger charge is -2.39. The summed E-state index contributed by atoms with van der Waals surface area (Å²) in [4.78, 5) is 21.4. The van der Waals surface area contributed by atoms with Crippen molar-refractivity contribution in [1.82, 2.24) is 20.1 Å². The first-order valence-electron chi connectivity index (χ1n) is 12.9. The fourth-order valence-electron chi connectivity index (χ4n) is 5.04. The highest BCUT2D eigenvalue weighted by molar-refractivity contribution is 5.93. The molecule has 1 atom stereocenters. The van der Waals surface area contributed by atoms with Gasteiger partial charge in [-0.2, -0.15) is 13.9 Å². The zero-order valence-corrected chi connectivity index (χ0v) is 22.0. The number of amides is 1. The molecule has 2 aromatic heterocycles. The van der Waals surface area contributed by atoms with E-state index >= 15 is 4.39 Å². The molecule has 0 radical (unpaired) electrons. The number of anilines is 2. The van der Waals surface area contributed by atoms with Crippen molar-refractivity contribution < 1.29 is 27.8 Å². The zero-order chi connectivity index (χ0) is 27.9. The average Bonchev–Trinajstić information content (AvgIpc) is 2.89. The lowest BCUT2D eigenvalue weighted by Crippen LogP contribution is -2.53. The number of aliphatic hydroxyl groups is 1. The third-order valence-electron chi connectivity index (χ3n) is 7.44. The molecule has 5 rings (SSSR count). The molecule has 1 amide bonds. The predicted octanol–water partition coefficient (Wildman–Crippen LogP) is 3.33. The number of pyridine rings is 1. The molecule has 2 aliphatic rings. The number of carbonyl (C=O) groups is 1. The van der Waals surface area contributed by atoms with E-state index in [1.54, 1.807) is 13.8 Å². The number of aromatic nitrogens is 3. The van der Waals surface area contributed by atoms with Gasteiger partial charge in [0.05, 0.1) is 53.3 Å². The monoisotopic (exact) mass is 544 g/mol. The van der Waals surface area contributed by atoms with Crippen LogP contribution in [0, 0.1) is 25.6 Å². The molecule has 9 nitrogen and oxygen atoms in total. The van der Waals surface area contributed by atoms with Crippen molar-refractivity contribution in [3.63, 3.8) is 0 Å². The second-order valence-corrected chi connectivity index (χ2v) is 10.1. The number of alkyl halides is 2. The lowest BCUT2D eigenvalue weighted by molar-refractivity contribution is -0.150. The predicted molar refractivity (Wildman–Crippen MR) is 139 cm³/mol. The van der Waals surface area contributed by atoms with E-state index in [0.717, 1.165) is 17.4 Å². The Hall–Kier alpha value is -3.51. The number of ether oxygens (including phenoxy) is 1. The normalized spacial score (nSPS) is 17.3. The van der Waals surface area contributed by atoms with Crippen LogP contribution in [0.1, 0.15) is 35.5 Å². The van der Waals surface area contributed by atoms with E-state index in [4.69, 9.17) is 14.8 Å². The molecular weight excluding hydrogens is 513 g/mol.